The van der Waals surface area contributed by atoms with Gasteiger partial charge in [0.25, 0.3) is 0 Å². The molecule has 6 heteroatoms. The first-order valence-electron chi connectivity index (χ1n) is 21.1. The molecular formula is C57H34N4O2. The molecule has 0 radical (unpaired) electrons. The summed E-state index contributed by atoms with van der Waals surface area (Å²) < 4.78 is 15.9. The molecule has 0 unspecified atom stereocenters. The van der Waals surface area contributed by atoms with Crippen LogP contribution in [0.4, 0.5) is 0 Å². The molecule has 0 aliphatic rings. The Morgan fingerprint density at radius 3 is 1.43 bits per heavy atom. The quantitative estimate of drug-likeness (QED) is 0.167. The molecule has 0 saturated carbocycles. The van der Waals surface area contributed by atoms with Crippen molar-refractivity contribution in [3.63, 3.8) is 0 Å². The maximum Gasteiger partial charge on any atom is 0.166 e. The highest BCUT2D eigenvalue weighted by Gasteiger charge is 2.26. The largest absolute Gasteiger partial charge is 0.456 e. The van der Waals surface area contributed by atoms with Gasteiger partial charge in [-0.2, -0.15) is 0 Å². The number of furan rings is 2. The second-order valence-electron chi connectivity index (χ2n) is 15.9. The molecule has 4 aromatic heterocycles. The predicted octanol–water partition coefficient (Wildman–Crippen LogP) is 15.1. The number of benzene rings is 9. The summed E-state index contributed by atoms with van der Waals surface area (Å²) in [6.07, 6.45) is 0. The maximum atomic E-state index is 6.92. The highest BCUT2D eigenvalue weighted by atomic mass is 16.3. The van der Waals surface area contributed by atoms with Gasteiger partial charge in [-0.25, -0.2) is 15.0 Å². The standard InChI is InChI=1S/C57H34N4O2/c1-4-16-35(17-5-1)38-30-32-47-44(34-38)51-41(24-14-28-48(51)62-47)42-25-15-29-49-52(42)53-50(63-49)33-31-43(54(53)61-45-26-12-10-22-39(45)40-23-11-13-27-46(40)61)57-59-55(36-18-6-2-7-19-36)58-56(60-57)37-20-8-3-9-21-37/h1-34H. The third-order valence-corrected chi connectivity index (χ3v) is 12.3. The van der Waals surface area contributed by atoms with Crippen LogP contribution in [0, 0.1) is 0 Å². The van der Waals surface area contributed by atoms with Crippen molar-refractivity contribution in [2.24, 2.45) is 0 Å². The summed E-state index contributed by atoms with van der Waals surface area (Å²) in [4.78, 5) is 15.7. The van der Waals surface area contributed by atoms with Crippen molar-refractivity contribution in [1.82, 2.24) is 19.5 Å². The van der Waals surface area contributed by atoms with Gasteiger partial charge in [-0.05, 0) is 70.8 Å². The van der Waals surface area contributed by atoms with Gasteiger partial charge in [0.15, 0.2) is 17.5 Å². The molecule has 6 nitrogen and oxygen atoms in total. The summed E-state index contributed by atoms with van der Waals surface area (Å²) in [7, 11) is 0. The highest BCUT2D eigenvalue weighted by molar-refractivity contribution is 6.23. The second-order valence-corrected chi connectivity index (χ2v) is 15.9. The van der Waals surface area contributed by atoms with Crippen LogP contribution >= 0.6 is 0 Å². The number of hydrogen-bond acceptors (Lipinski definition) is 5. The number of hydrogen-bond donors (Lipinski definition) is 0. The fraction of sp³-hybridized carbons (Fsp3) is 0. The highest BCUT2D eigenvalue weighted by Crippen LogP contribution is 2.48. The van der Waals surface area contributed by atoms with Crippen molar-refractivity contribution in [2.45, 2.75) is 0 Å². The van der Waals surface area contributed by atoms with Gasteiger partial charge >= 0.3 is 0 Å². The zero-order chi connectivity index (χ0) is 41.4. The first-order chi connectivity index (χ1) is 31.2. The van der Waals surface area contributed by atoms with E-state index in [2.05, 4.69) is 144 Å². The summed E-state index contributed by atoms with van der Waals surface area (Å²) >= 11 is 0. The fourth-order valence-electron chi connectivity index (χ4n) is 9.48. The molecule has 0 N–H and O–H groups in total. The predicted molar refractivity (Wildman–Crippen MR) is 256 cm³/mol. The van der Waals surface area contributed by atoms with Crippen LogP contribution in [0.5, 0.6) is 0 Å². The topological polar surface area (TPSA) is 69.9 Å². The molecule has 0 saturated heterocycles. The minimum Gasteiger partial charge on any atom is -0.456 e. The molecule has 294 valence electrons. The van der Waals surface area contributed by atoms with Crippen LogP contribution in [0.25, 0.3) is 128 Å². The molecule has 0 aliphatic heterocycles. The fourth-order valence-corrected chi connectivity index (χ4v) is 9.48. The molecule has 0 spiro atoms. The molecule has 13 rings (SSSR count). The van der Waals surface area contributed by atoms with Gasteiger partial charge in [0.05, 0.1) is 22.1 Å². The van der Waals surface area contributed by atoms with Gasteiger partial charge in [0.1, 0.15) is 22.3 Å². The smallest absolute Gasteiger partial charge is 0.166 e. The number of aromatic nitrogens is 4. The lowest BCUT2D eigenvalue weighted by atomic mass is 9.93. The van der Waals surface area contributed by atoms with Crippen molar-refractivity contribution in [2.75, 3.05) is 0 Å². The average Bonchev–Trinajstić information content (AvgIpc) is 4.04. The van der Waals surface area contributed by atoms with E-state index < -0.39 is 0 Å². The van der Waals surface area contributed by atoms with Crippen LogP contribution in [-0.4, -0.2) is 19.5 Å². The minimum absolute atomic E-state index is 0.560. The molecule has 0 atom stereocenters. The number of nitrogens with zero attached hydrogens (tertiary/aromatic N) is 4. The van der Waals surface area contributed by atoms with Gasteiger partial charge < -0.3 is 13.4 Å². The van der Waals surface area contributed by atoms with E-state index >= 15 is 0 Å². The minimum atomic E-state index is 0.560. The molecular weight excluding hydrogens is 773 g/mol. The average molecular weight is 807 g/mol. The zero-order valence-electron chi connectivity index (χ0n) is 33.7. The Balaban J connectivity index is 1.17. The van der Waals surface area contributed by atoms with Gasteiger partial charge in [0.2, 0.25) is 0 Å². The zero-order valence-corrected chi connectivity index (χ0v) is 33.7. The van der Waals surface area contributed by atoms with E-state index in [0.717, 1.165) is 110 Å². The Labute approximate surface area is 361 Å². The van der Waals surface area contributed by atoms with Crippen LogP contribution in [-0.2, 0) is 0 Å². The van der Waals surface area contributed by atoms with E-state index in [1.165, 1.54) is 0 Å². The lowest BCUT2D eigenvalue weighted by Crippen LogP contribution is -2.04. The van der Waals surface area contributed by atoms with Crippen molar-refractivity contribution in [3.8, 4) is 62.1 Å². The van der Waals surface area contributed by atoms with Gasteiger partial charge in [-0.1, -0.05) is 158 Å². The monoisotopic (exact) mass is 806 g/mol. The van der Waals surface area contributed by atoms with Gasteiger partial charge in [-0.15, -0.1) is 0 Å². The van der Waals surface area contributed by atoms with Crippen LogP contribution < -0.4 is 0 Å². The third kappa shape index (κ3) is 5.55. The number of fused-ring (bicyclic) bond motifs is 9. The van der Waals surface area contributed by atoms with E-state index in [-0.39, 0.29) is 0 Å². The first-order valence-corrected chi connectivity index (χ1v) is 21.1. The molecule has 0 bridgehead atoms. The van der Waals surface area contributed by atoms with Crippen LogP contribution in [0.3, 0.4) is 0 Å². The third-order valence-electron chi connectivity index (χ3n) is 12.3. The SMILES string of the molecule is c1ccc(-c2ccc3oc4cccc(-c5cccc6oc7ccc(-c8nc(-c9ccccc9)nc(-c9ccccc9)n8)c(-n8c9ccccc9c9ccccc98)c7c56)c4c3c2)cc1. The van der Waals surface area contributed by atoms with Crippen molar-refractivity contribution < 1.29 is 8.83 Å². The van der Waals surface area contributed by atoms with Crippen molar-refractivity contribution in [3.05, 3.63) is 206 Å². The van der Waals surface area contributed by atoms with E-state index in [4.69, 9.17) is 23.8 Å². The summed E-state index contributed by atoms with van der Waals surface area (Å²) in [6.45, 7) is 0. The molecule has 4 heterocycles. The first kappa shape index (κ1) is 35.2. The Bertz CT molecular complexity index is 3790. The molecule has 13 aromatic rings. The number of rotatable bonds is 6. The van der Waals surface area contributed by atoms with Crippen molar-refractivity contribution in [1.29, 1.82) is 0 Å². The Hall–Kier alpha value is -8.61. The second kappa shape index (κ2) is 14.0. The van der Waals surface area contributed by atoms with Gasteiger partial charge in [-0.3, -0.25) is 0 Å². The maximum absolute atomic E-state index is 6.92. The number of para-hydroxylation sites is 2. The van der Waals surface area contributed by atoms with E-state index in [0.29, 0.717) is 17.5 Å². The molecule has 0 fully saturated rings. The summed E-state index contributed by atoms with van der Waals surface area (Å²) in [6, 6.07) is 71.3. The van der Waals surface area contributed by atoms with Crippen molar-refractivity contribution >= 4 is 65.7 Å². The molecule has 63 heavy (non-hydrogen) atoms. The Morgan fingerprint density at radius 1 is 0.302 bits per heavy atom. The van der Waals surface area contributed by atoms with Crippen LogP contribution in [0.1, 0.15) is 0 Å². The molecule has 9 aromatic carbocycles. The Kier molecular flexibility index (Phi) is 7.80. The lowest BCUT2D eigenvalue weighted by molar-refractivity contribution is 0.668. The van der Waals surface area contributed by atoms with E-state index in [9.17, 15) is 0 Å². The summed E-state index contributed by atoms with van der Waals surface area (Å²) in [5, 5.41) is 6.37. The lowest BCUT2D eigenvalue weighted by Gasteiger charge is -2.16. The summed E-state index contributed by atoms with van der Waals surface area (Å²) in [5.41, 5.74) is 13.3. The van der Waals surface area contributed by atoms with E-state index in [1.54, 1.807) is 0 Å². The molecule has 0 aliphatic carbocycles. The van der Waals surface area contributed by atoms with E-state index in [1.807, 2.05) is 66.7 Å². The van der Waals surface area contributed by atoms with Gasteiger partial charge in [0, 0.05) is 43.6 Å². The molecule has 0 amide bonds. The normalized spacial score (nSPS) is 11.8. The van der Waals surface area contributed by atoms with Crippen LogP contribution in [0.2, 0.25) is 0 Å². The summed E-state index contributed by atoms with van der Waals surface area (Å²) in [5.74, 6) is 1.75. The van der Waals surface area contributed by atoms with Crippen LogP contribution in [0.15, 0.2) is 215 Å². The Morgan fingerprint density at radius 2 is 0.794 bits per heavy atom.